The fraction of sp³-hybridized carbons (Fsp3) is 0.211. The lowest BCUT2D eigenvalue weighted by atomic mass is 10.1. The van der Waals surface area contributed by atoms with Crippen LogP contribution in [0.2, 0.25) is 0 Å². The maximum Gasteiger partial charge on any atom is 0.234 e. The lowest BCUT2D eigenvalue weighted by Gasteiger charge is -2.10. The molecule has 134 valence electrons. The maximum absolute atomic E-state index is 12.2. The van der Waals surface area contributed by atoms with Crippen LogP contribution in [0.25, 0.3) is 0 Å². The summed E-state index contributed by atoms with van der Waals surface area (Å²) in [7, 11) is 0. The molecule has 0 atom stereocenters. The van der Waals surface area contributed by atoms with E-state index in [-0.39, 0.29) is 5.91 Å². The van der Waals surface area contributed by atoms with Crippen molar-refractivity contribution in [2.24, 2.45) is 0 Å². The van der Waals surface area contributed by atoms with E-state index in [0.29, 0.717) is 10.9 Å². The molecule has 0 radical (unpaired) electrons. The number of hydrogen-bond acceptors (Lipinski definition) is 6. The Morgan fingerprint density at radius 3 is 2.42 bits per heavy atom. The van der Waals surface area contributed by atoms with Gasteiger partial charge in [-0.1, -0.05) is 59.0 Å². The van der Waals surface area contributed by atoms with Gasteiger partial charge in [0.25, 0.3) is 0 Å². The van der Waals surface area contributed by atoms with E-state index in [2.05, 4.69) is 20.8 Å². The van der Waals surface area contributed by atoms with Gasteiger partial charge in [-0.15, -0.1) is 10.2 Å². The molecule has 3 aromatic rings. The molecule has 0 aliphatic rings. The Balaban J connectivity index is 1.54. The van der Waals surface area contributed by atoms with Crippen molar-refractivity contribution in [3.8, 4) is 0 Å². The first-order valence-electron chi connectivity index (χ1n) is 8.17. The molecule has 5 nitrogen and oxygen atoms in total. The smallest absolute Gasteiger partial charge is 0.234 e. The van der Waals surface area contributed by atoms with E-state index in [1.807, 2.05) is 63.2 Å². The minimum atomic E-state index is -0.0457. The Hall–Kier alpha value is -2.38. The number of nitrogens with one attached hydrogen (secondary N) is 2. The number of amides is 1. The second-order valence-corrected chi connectivity index (χ2v) is 8.17. The van der Waals surface area contributed by atoms with Crippen LogP contribution in [-0.2, 0) is 4.79 Å². The highest BCUT2D eigenvalue weighted by atomic mass is 32.2. The number of hydrogen-bond donors (Lipinski definition) is 2. The minimum Gasteiger partial charge on any atom is -0.330 e. The van der Waals surface area contributed by atoms with Crippen molar-refractivity contribution in [3.63, 3.8) is 0 Å². The van der Waals surface area contributed by atoms with Gasteiger partial charge in [0.1, 0.15) is 0 Å². The van der Waals surface area contributed by atoms with Crippen LogP contribution in [0, 0.1) is 20.8 Å². The number of rotatable bonds is 6. The number of para-hydroxylation sites is 1. The van der Waals surface area contributed by atoms with E-state index < -0.39 is 0 Å². The average molecular weight is 385 g/mol. The Morgan fingerprint density at radius 2 is 1.73 bits per heavy atom. The standard InChI is InChI=1S/C19H20N4OS2/c1-12-7-9-15(10-8-12)20-18-22-23-19(26-18)25-11-16(24)21-17-13(2)5-4-6-14(17)3/h4-10H,11H2,1-3H3,(H,20,22)(H,21,24). The first-order valence-corrected chi connectivity index (χ1v) is 9.97. The molecule has 0 unspecified atom stereocenters. The summed E-state index contributed by atoms with van der Waals surface area (Å²) in [5, 5.41) is 15.2. The van der Waals surface area contributed by atoms with Crippen molar-refractivity contribution in [3.05, 3.63) is 59.2 Å². The van der Waals surface area contributed by atoms with E-state index in [9.17, 15) is 4.79 Å². The lowest BCUT2D eigenvalue weighted by molar-refractivity contribution is -0.113. The molecule has 0 saturated heterocycles. The number of anilines is 3. The first kappa shape index (κ1) is 18.4. The predicted molar refractivity (Wildman–Crippen MR) is 110 cm³/mol. The Bertz CT molecular complexity index is 886. The van der Waals surface area contributed by atoms with Gasteiger partial charge in [-0.05, 0) is 44.0 Å². The molecule has 3 rings (SSSR count). The number of aryl methyl sites for hydroxylation is 3. The third-order valence-electron chi connectivity index (χ3n) is 3.78. The molecule has 0 aliphatic heterocycles. The van der Waals surface area contributed by atoms with Crippen molar-refractivity contribution in [1.82, 2.24) is 10.2 Å². The topological polar surface area (TPSA) is 66.9 Å². The van der Waals surface area contributed by atoms with Crippen LogP contribution in [0.3, 0.4) is 0 Å². The van der Waals surface area contributed by atoms with Crippen molar-refractivity contribution in [2.75, 3.05) is 16.4 Å². The van der Waals surface area contributed by atoms with Gasteiger partial charge < -0.3 is 10.6 Å². The fourth-order valence-corrected chi connectivity index (χ4v) is 3.97. The van der Waals surface area contributed by atoms with Crippen molar-refractivity contribution >= 4 is 45.5 Å². The molecule has 0 bridgehead atoms. The molecule has 0 fully saturated rings. The number of carbonyl (C=O) groups is 1. The van der Waals surface area contributed by atoms with Gasteiger partial charge in [-0.3, -0.25) is 4.79 Å². The molecule has 2 aromatic carbocycles. The van der Waals surface area contributed by atoms with Crippen LogP contribution >= 0.6 is 23.1 Å². The summed E-state index contributed by atoms with van der Waals surface area (Å²) in [5.41, 5.74) is 5.18. The first-order chi connectivity index (χ1) is 12.5. The molecule has 2 N–H and O–H groups in total. The monoisotopic (exact) mass is 384 g/mol. The van der Waals surface area contributed by atoms with Gasteiger partial charge in [0, 0.05) is 11.4 Å². The Kier molecular flexibility index (Phi) is 5.90. The minimum absolute atomic E-state index is 0.0457. The van der Waals surface area contributed by atoms with Crippen LogP contribution in [0.15, 0.2) is 46.8 Å². The summed E-state index contributed by atoms with van der Waals surface area (Å²) < 4.78 is 0.760. The summed E-state index contributed by atoms with van der Waals surface area (Å²) >= 11 is 2.82. The molecule has 0 saturated carbocycles. The molecular weight excluding hydrogens is 364 g/mol. The largest absolute Gasteiger partial charge is 0.330 e. The van der Waals surface area contributed by atoms with Crippen LogP contribution in [-0.4, -0.2) is 21.9 Å². The zero-order chi connectivity index (χ0) is 18.5. The van der Waals surface area contributed by atoms with Gasteiger partial charge in [0.15, 0.2) is 4.34 Å². The average Bonchev–Trinajstić information content (AvgIpc) is 3.06. The maximum atomic E-state index is 12.2. The molecule has 0 aliphatic carbocycles. The Morgan fingerprint density at radius 1 is 1.04 bits per heavy atom. The van der Waals surface area contributed by atoms with E-state index in [4.69, 9.17) is 0 Å². The van der Waals surface area contributed by atoms with Gasteiger partial charge in [0.05, 0.1) is 5.75 Å². The zero-order valence-corrected chi connectivity index (χ0v) is 16.5. The highest BCUT2D eigenvalue weighted by Crippen LogP contribution is 2.28. The molecule has 7 heteroatoms. The molecular formula is C19H20N4OS2. The summed E-state index contributed by atoms with van der Waals surface area (Å²) in [6.07, 6.45) is 0. The summed E-state index contributed by atoms with van der Waals surface area (Å²) in [6, 6.07) is 14.0. The van der Waals surface area contributed by atoms with Gasteiger partial charge >= 0.3 is 0 Å². The number of benzene rings is 2. The number of nitrogens with zero attached hydrogens (tertiary/aromatic N) is 2. The summed E-state index contributed by atoms with van der Waals surface area (Å²) in [5.74, 6) is 0.253. The highest BCUT2D eigenvalue weighted by Gasteiger charge is 2.11. The second kappa shape index (κ2) is 8.33. The van der Waals surface area contributed by atoms with Crippen LogP contribution < -0.4 is 10.6 Å². The van der Waals surface area contributed by atoms with E-state index in [0.717, 1.165) is 26.8 Å². The summed E-state index contributed by atoms with van der Waals surface area (Å²) in [6.45, 7) is 6.03. The third kappa shape index (κ3) is 4.83. The van der Waals surface area contributed by atoms with Crippen LogP contribution in [0.4, 0.5) is 16.5 Å². The van der Waals surface area contributed by atoms with E-state index >= 15 is 0 Å². The quantitative estimate of drug-likeness (QED) is 0.589. The van der Waals surface area contributed by atoms with Gasteiger partial charge in [-0.25, -0.2) is 0 Å². The Labute approximate surface area is 161 Å². The number of aromatic nitrogens is 2. The number of carbonyl (C=O) groups excluding carboxylic acids is 1. The highest BCUT2D eigenvalue weighted by molar-refractivity contribution is 8.01. The lowest BCUT2D eigenvalue weighted by Crippen LogP contribution is -2.15. The molecule has 1 heterocycles. The van der Waals surface area contributed by atoms with Crippen LogP contribution in [0.1, 0.15) is 16.7 Å². The third-order valence-corrected chi connectivity index (χ3v) is 5.75. The molecule has 0 spiro atoms. The van der Waals surface area contributed by atoms with Crippen molar-refractivity contribution in [2.45, 2.75) is 25.1 Å². The van der Waals surface area contributed by atoms with Gasteiger partial charge in [-0.2, -0.15) is 0 Å². The van der Waals surface area contributed by atoms with Crippen molar-refractivity contribution in [1.29, 1.82) is 0 Å². The molecule has 26 heavy (non-hydrogen) atoms. The number of thioether (sulfide) groups is 1. The molecule has 1 aromatic heterocycles. The normalized spacial score (nSPS) is 10.6. The van der Waals surface area contributed by atoms with E-state index in [1.165, 1.54) is 28.7 Å². The molecule has 1 amide bonds. The van der Waals surface area contributed by atoms with Crippen molar-refractivity contribution < 1.29 is 4.79 Å². The SMILES string of the molecule is Cc1ccc(Nc2nnc(SCC(=O)Nc3c(C)cccc3C)s2)cc1. The fourth-order valence-electron chi connectivity index (χ4n) is 2.39. The zero-order valence-electron chi connectivity index (χ0n) is 14.9. The van der Waals surface area contributed by atoms with E-state index in [1.54, 1.807) is 0 Å². The second-order valence-electron chi connectivity index (χ2n) is 5.97. The van der Waals surface area contributed by atoms with Crippen LogP contribution in [0.5, 0.6) is 0 Å². The van der Waals surface area contributed by atoms with Gasteiger partial charge in [0.2, 0.25) is 11.0 Å². The summed E-state index contributed by atoms with van der Waals surface area (Å²) in [4.78, 5) is 12.2. The predicted octanol–water partition coefficient (Wildman–Crippen LogP) is 4.94.